The molecule has 2 aromatic heterocycles. The molecule has 11 heteroatoms. The Morgan fingerprint density at radius 3 is 2.70 bits per heavy atom. The van der Waals surface area contributed by atoms with Gasteiger partial charge < -0.3 is 16.0 Å². The van der Waals surface area contributed by atoms with Crippen LogP contribution in [-0.4, -0.2) is 49.9 Å². The van der Waals surface area contributed by atoms with Gasteiger partial charge in [-0.3, -0.25) is 0 Å². The molecule has 1 saturated heterocycles. The fourth-order valence-electron chi connectivity index (χ4n) is 3.07. The van der Waals surface area contributed by atoms with Crippen molar-refractivity contribution in [1.29, 1.82) is 0 Å². The summed E-state index contributed by atoms with van der Waals surface area (Å²) in [4.78, 5) is 12.6. The second kappa shape index (κ2) is 6.66. The van der Waals surface area contributed by atoms with Crippen molar-refractivity contribution in [2.45, 2.75) is 24.4 Å². The molecule has 3 heterocycles. The number of sulfonamides is 1. The lowest BCUT2D eigenvalue weighted by Gasteiger charge is -2.23. The smallest absolute Gasteiger partial charge is 0.244 e. The molecule has 0 spiro atoms. The average molecular weight is 406 g/mol. The molecule has 1 unspecified atom stereocenters. The summed E-state index contributed by atoms with van der Waals surface area (Å²) < 4.78 is 29.5. The quantitative estimate of drug-likeness (QED) is 0.658. The molecule has 1 atom stereocenters. The van der Waals surface area contributed by atoms with Crippen molar-refractivity contribution in [1.82, 2.24) is 23.8 Å². The van der Waals surface area contributed by atoms with E-state index in [9.17, 15) is 8.42 Å². The summed E-state index contributed by atoms with van der Waals surface area (Å²) in [6.07, 6.45) is 1.59. The van der Waals surface area contributed by atoms with Crippen molar-refractivity contribution >= 4 is 44.7 Å². The minimum Gasteiger partial charge on any atom is -0.382 e. The maximum atomic E-state index is 13.1. The molecule has 1 fully saturated rings. The number of hydrogen-bond donors (Lipinski definition) is 2. The Morgan fingerprint density at radius 2 is 1.96 bits per heavy atom. The SMILES string of the molecule is Cc1ccc(S(=O)(=O)N2CSCC2Cn2cnc3c(N)nc(N)nc32)cc1. The molecule has 4 N–H and O–H groups in total. The van der Waals surface area contributed by atoms with Gasteiger partial charge in [-0.2, -0.15) is 14.3 Å². The Hall–Kier alpha value is -2.37. The summed E-state index contributed by atoms with van der Waals surface area (Å²) in [6.45, 7) is 2.33. The first kappa shape index (κ1) is 18.0. The van der Waals surface area contributed by atoms with Crippen LogP contribution in [0.2, 0.25) is 0 Å². The maximum Gasteiger partial charge on any atom is 0.244 e. The van der Waals surface area contributed by atoms with Crippen molar-refractivity contribution in [3.63, 3.8) is 0 Å². The molecule has 0 saturated carbocycles. The Labute approximate surface area is 160 Å². The van der Waals surface area contributed by atoms with Crippen LogP contribution in [0.25, 0.3) is 11.2 Å². The van der Waals surface area contributed by atoms with Crippen LogP contribution < -0.4 is 11.5 Å². The average Bonchev–Trinajstić information content (AvgIpc) is 3.24. The maximum absolute atomic E-state index is 13.1. The van der Waals surface area contributed by atoms with E-state index in [1.54, 1.807) is 46.9 Å². The van der Waals surface area contributed by atoms with Gasteiger partial charge >= 0.3 is 0 Å². The van der Waals surface area contributed by atoms with Gasteiger partial charge in [-0.05, 0) is 19.1 Å². The zero-order chi connectivity index (χ0) is 19.2. The lowest BCUT2D eigenvalue weighted by Crippen LogP contribution is -2.39. The van der Waals surface area contributed by atoms with Crippen LogP contribution in [0, 0.1) is 6.92 Å². The van der Waals surface area contributed by atoms with Crippen LogP contribution in [0.1, 0.15) is 5.56 Å². The molecular weight excluding hydrogens is 386 g/mol. The predicted molar refractivity (Wildman–Crippen MR) is 105 cm³/mol. The fraction of sp³-hybridized carbons (Fsp3) is 0.312. The summed E-state index contributed by atoms with van der Waals surface area (Å²) in [5.41, 5.74) is 13.5. The first-order valence-electron chi connectivity index (χ1n) is 8.26. The summed E-state index contributed by atoms with van der Waals surface area (Å²) in [5.74, 6) is 1.36. The Bertz CT molecular complexity index is 1100. The summed E-state index contributed by atoms with van der Waals surface area (Å²) in [6, 6.07) is 6.67. The lowest BCUT2D eigenvalue weighted by molar-refractivity contribution is 0.365. The second-order valence-corrected chi connectivity index (χ2v) is 9.29. The third-order valence-corrected chi connectivity index (χ3v) is 7.64. The van der Waals surface area contributed by atoms with Crippen molar-refractivity contribution in [2.24, 2.45) is 0 Å². The normalized spacial score (nSPS) is 18.3. The summed E-state index contributed by atoms with van der Waals surface area (Å²) >= 11 is 1.58. The van der Waals surface area contributed by atoms with E-state index >= 15 is 0 Å². The first-order valence-corrected chi connectivity index (χ1v) is 10.9. The number of imidazole rings is 1. The monoisotopic (exact) mass is 405 g/mol. The molecule has 0 aliphatic carbocycles. The van der Waals surface area contributed by atoms with Gasteiger partial charge in [-0.25, -0.2) is 13.4 Å². The number of anilines is 2. The van der Waals surface area contributed by atoms with Crippen LogP contribution in [0.4, 0.5) is 11.8 Å². The molecule has 0 radical (unpaired) electrons. The van der Waals surface area contributed by atoms with Gasteiger partial charge in [0.2, 0.25) is 16.0 Å². The lowest BCUT2D eigenvalue weighted by atomic mass is 10.2. The van der Waals surface area contributed by atoms with Crippen LogP contribution >= 0.6 is 11.8 Å². The molecule has 1 aliphatic rings. The molecule has 4 rings (SSSR count). The van der Waals surface area contributed by atoms with Gasteiger partial charge in [0, 0.05) is 12.3 Å². The third-order valence-electron chi connectivity index (χ3n) is 4.48. The first-order chi connectivity index (χ1) is 12.9. The number of nitrogens with two attached hydrogens (primary N) is 2. The van der Waals surface area contributed by atoms with Crippen LogP contribution in [0.15, 0.2) is 35.5 Å². The van der Waals surface area contributed by atoms with Crippen LogP contribution in [0.5, 0.6) is 0 Å². The largest absolute Gasteiger partial charge is 0.382 e. The highest BCUT2D eigenvalue weighted by atomic mass is 32.2. The van der Waals surface area contributed by atoms with E-state index in [2.05, 4.69) is 15.0 Å². The minimum absolute atomic E-state index is 0.0617. The number of benzene rings is 1. The standard InChI is InChI=1S/C16H19N7O2S2/c1-10-2-4-12(5-3-10)27(24,25)23-9-26-7-11(23)6-22-8-19-13-14(17)20-16(18)21-15(13)22/h2-5,8,11H,6-7,9H2,1H3,(H4,17,18,20,21). The zero-order valence-corrected chi connectivity index (χ0v) is 16.2. The number of nitrogen functional groups attached to an aromatic ring is 2. The molecule has 0 bridgehead atoms. The van der Waals surface area contributed by atoms with E-state index < -0.39 is 10.0 Å². The Kier molecular flexibility index (Phi) is 4.44. The van der Waals surface area contributed by atoms with E-state index in [1.807, 2.05) is 6.92 Å². The number of thioether (sulfide) groups is 1. The molecule has 142 valence electrons. The van der Waals surface area contributed by atoms with Gasteiger partial charge in [0.25, 0.3) is 0 Å². The minimum atomic E-state index is -3.58. The van der Waals surface area contributed by atoms with Crippen molar-refractivity contribution in [3.05, 3.63) is 36.2 Å². The van der Waals surface area contributed by atoms with Crippen LogP contribution in [-0.2, 0) is 16.6 Å². The molecule has 0 amide bonds. The molecule has 27 heavy (non-hydrogen) atoms. The van der Waals surface area contributed by atoms with Crippen molar-refractivity contribution in [2.75, 3.05) is 23.1 Å². The van der Waals surface area contributed by atoms with E-state index in [1.165, 1.54) is 4.31 Å². The highest BCUT2D eigenvalue weighted by molar-refractivity contribution is 8.00. The molecular formula is C16H19N7O2S2. The zero-order valence-electron chi connectivity index (χ0n) is 14.6. The van der Waals surface area contributed by atoms with Gasteiger partial charge in [0.15, 0.2) is 11.5 Å². The van der Waals surface area contributed by atoms with Gasteiger partial charge in [-0.15, -0.1) is 11.8 Å². The van der Waals surface area contributed by atoms with Gasteiger partial charge in [0.05, 0.1) is 23.1 Å². The molecule has 3 aromatic rings. The Balaban J connectivity index is 1.65. The number of rotatable bonds is 4. The van der Waals surface area contributed by atoms with Crippen molar-refractivity contribution in [3.8, 4) is 0 Å². The number of nitrogens with zero attached hydrogens (tertiary/aromatic N) is 5. The van der Waals surface area contributed by atoms with E-state index in [-0.39, 0.29) is 17.8 Å². The topological polar surface area (TPSA) is 133 Å². The van der Waals surface area contributed by atoms with E-state index in [0.29, 0.717) is 34.2 Å². The number of aromatic nitrogens is 4. The number of aryl methyl sites for hydroxylation is 1. The van der Waals surface area contributed by atoms with E-state index in [4.69, 9.17) is 11.5 Å². The second-order valence-electron chi connectivity index (χ2n) is 6.40. The third kappa shape index (κ3) is 3.22. The summed E-state index contributed by atoms with van der Waals surface area (Å²) in [7, 11) is -3.58. The summed E-state index contributed by atoms with van der Waals surface area (Å²) in [5, 5.41) is 0. The van der Waals surface area contributed by atoms with E-state index in [0.717, 1.165) is 5.56 Å². The molecule has 1 aliphatic heterocycles. The molecule has 9 nitrogen and oxygen atoms in total. The van der Waals surface area contributed by atoms with Crippen LogP contribution in [0.3, 0.4) is 0 Å². The van der Waals surface area contributed by atoms with Crippen molar-refractivity contribution < 1.29 is 8.42 Å². The molecule has 1 aromatic carbocycles. The number of fused-ring (bicyclic) bond motifs is 1. The number of hydrogen-bond acceptors (Lipinski definition) is 8. The predicted octanol–water partition coefficient (Wildman–Crippen LogP) is 1.06. The highest BCUT2D eigenvalue weighted by Crippen LogP contribution is 2.30. The highest BCUT2D eigenvalue weighted by Gasteiger charge is 2.36. The van der Waals surface area contributed by atoms with Gasteiger partial charge in [-0.1, -0.05) is 17.7 Å². The fourth-order valence-corrected chi connectivity index (χ4v) is 6.28. The Morgan fingerprint density at radius 1 is 1.22 bits per heavy atom. The van der Waals surface area contributed by atoms with Gasteiger partial charge in [0.1, 0.15) is 5.52 Å².